The van der Waals surface area contributed by atoms with Crippen LogP contribution in [0.4, 0.5) is 0 Å². The highest BCUT2D eigenvalue weighted by Crippen LogP contribution is 2.29. The molecule has 2 atom stereocenters. The lowest BCUT2D eigenvalue weighted by atomic mass is 10.0. The Balaban J connectivity index is 1.52. The van der Waals surface area contributed by atoms with Crippen LogP contribution in [0, 0.1) is 0 Å². The van der Waals surface area contributed by atoms with Crippen molar-refractivity contribution in [3.05, 3.63) is 48.3 Å². The molecule has 0 saturated carbocycles. The van der Waals surface area contributed by atoms with Gasteiger partial charge in [-0.1, -0.05) is 13.0 Å². The molecule has 0 radical (unpaired) electrons. The predicted octanol–water partition coefficient (Wildman–Crippen LogP) is 1.17. The maximum atomic E-state index is 12.4. The second kappa shape index (κ2) is 7.69. The SMILES string of the molecule is CCCn1ccnc1CN1CCN(Cc2ccccn2)[C@@H]2CS(=O)(=O)C[C@@H]21. The summed E-state index contributed by atoms with van der Waals surface area (Å²) in [6.45, 7) is 6.21. The molecule has 0 spiro atoms. The highest BCUT2D eigenvalue weighted by Gasteiger charge is 2.46. The van der Waals surface area contributed by atoms with E-state index < -0.39 is 9.84 Å². The van der Waals surface area contributed by atoms with E-state index in [0.29, 0.717) is 13.1 Å². The molecule has 4 heterocycles. The lowest BCUT2D eigenvalue weighted by molar-refractivity contribution is 0.0327. The van der Waals surface area contributed by atoms with Crippen molar-refractivity contribution in [3.8, 4) is 0 Å². The van der Waals surface area contributed by atoms with Gasteiger partial charge in [-0.2, -0.15) is 0 Å². The summed E-state index contributed by atoms with van der Waals surface area (Å²) in [5.74, 6) is 1.51. The largest absolute Gasteiger partial charge is 0.334 e. The number of piperazine rings is 1. The van der Waals surface area contributed by atoms with Gasteiger partial charge in [0.2, 0.25) is 0 Å². The molecular formula is C19H27N5O2S. The summed E-state index contributed by atoms with van der Waals surface area (Å²) in [7, 11) is -3.02. The van der Waals surface area contributed by atoms with Crippen LogP contribution < -0.4 is 0 Å². The van der Waals surface area contributed by atoms with Crippen molar-refractivity contribution in [1.29, 1.82) is 0 Å². The number of pyridine rings is 1. The van der Waals surface area contributed by atoms with Gasteiger partial charge >= 0.3 is 0 Å². The second-order valence-electron chi connectivity index (χ2n) is 7.51. The molecule has 2 aliphatic heterocycles. The molecule has 7 nitrogen and oxygen atoms in total. The van der Waals surface area contributed by atoms with Crippen LogP contribution in [0.25, 0.3) is 0 Å². The molecule has 0 aromatic carbocycles. The van der Waals surface area contributed by atoms with Crippen LogP contribution in [0.1, 0.15) is 24.9 Å². The van der Waals surface area contributed by atoms with Gasteiger partial charge < -0.3 is 4.57 Å². The van der Waals surface area contributed by atoms with Crippen molar-refractivity contribution >= 4 is 9.84 Å². The van der Waals surface area contributed by atoms with Gasteiger partial charge in [0, 0.05) is 56.9 Å². The monoisotopic (exact) mass is 389 g/mol. The molecule has 0 bridgehead atoms. The van der Waals surface area contributed by atoms with Crippen molar-refractivity contribution in [3.63, 3.8) is 0 Å². The Morgan fingerprint density at radius 3 is 2.44 bits per heavy atom. The first-order valence-corrected chi connectivity index (χ1v) is 11.5. The van der Waals surface area contributed by atoms with Crippen molar-refractivity contribution in [1.82, 2.24) is 24.3 Å². The molecule has 146 valence electrons. The van der Waals surface area contributed by atoms with Gasteiger partial charge in [-0.15, -0.1) is 0 Å². The van der Waals surface area contributed by atoms with E-state index in [2.05, 4.69) is 31.3 Å². The van der Waals surface area contributed by atoms with Crippen molar-refractivity contribution in [2.45, 2.75) is 45.1 Å². The second-order valence-corrected chi connectivity index (χ2v) is 9.66. The summed E-state index contributed by atoms with van der Waals surface area (Å²) in [6, 6.07) is 5.95. The minimum absolute atomic E-state index is 0.0271. The molecular weight excluding hydrogens is 362 g/mol. The van der Waals surface area contributed by atoms with Gasteiger partial charge in [0.1, 0.15) is 5.82 Å². The van der Waals surface area contributed by atoms with E-state index in [9.17, 15) is 8.42 Å². The minimum atomic E-state index is -3.02. The molecule has 0 amide bonds. The fraction of sp³-hybridized carbons (Fsp3) is 0.579. The minimum Gasteiger partial charge on any atom is -0.334 e. The smallest absolute Gasteiger partial charge is 0.153 e. The first-order chi connectivity index (χ1) is 13.1. The van der Waals surface area contributed by atoms with Crippen LogP contribution in [-0.2, 0) is 29.5 Å². The summed E-state index contributed by atoms with van der Waals surface area (Å²) in [4.78, 5) is 13.5. The van der Waals surface area contributed by atoms with Crippen LogP contribution in [0.5, 0.6) is 0 Å². The highest BCUT2D eigenvalue weighted by molar-refractivity contribution is 7.91. The number of aryl methyl sites for hydroxylation is 1. The molecule has 2 saturated heterocycles. The number of nitrogens with zero attached hydrogens (tertiary/aromatic N) is 5. The van der Waals surface area contributed by atoms with E-state index in [1.807, 2.05) is 30.6 Å². The summed E-state index contributed by atoms with van der Waals surface area (Å²) < 4.78 is 27.0. The normalized spacial score (nSPS) is 25.5. The molecule has 27 heavy (non-hydrogen) atoms. The number of rotatable bonds is 6. The van der Waals surface area contributed by atoms with Gasteiger partial charge in [-0.25, -0.2) is 13.4 Å². The fourth-order valence-electron chi connectivity index (χ4n) is 4.31. The average Bonchev–Trinajstić information content (AvgIpc) is 3.21. The molecule has 0 unspecified atom stereocenters. The standard InChI is InChI=1S/C19H27N5O2S/c1-2-8-22-9-7-21-19(22)13-24-11-10-23(12-16-5-3-4-6-20-16)17-14-27(25,26)15-18(17)24/h3-7,9,17-18H,2,8,10-15H2,1H3/t17-,18+/m1/s1. The topological polar surface area (TPSA) is 71.3 Å². The number of fused-ring (bicyclic) bond motifs is 1. The van der Waals surface area contributed by atoms with Crippen molar-refractivity contribution < 1.29 is 8.42 Å². The lowest BCUT2D eigenvalue weighted by Gasteiger charge is -2.43. The fourth-order valence-corrected chi connectivity index (χ4v) is 6.35. The number of imidazole rings is 1. The molecule has 0 N–H and O–H groups in total. The third-order valence-corrected chi connectivity index (χ3v) is 7.31. The van der Waals surface area contributed by atoms with Gasteiger partial charge in [0.25, 0.3) is 0 Å². The Bertz CT molecular complexity index is 867. The molecule has 2 fully saturated rings. The lowest BCUT2D eigenvalue weighted by Crippen LogP contribution is -2.58. The van der Waals surface area contributed by atoms with Gasteiger partial charge in [0.05, 0.1) is 23.7 Å². The number of hydrogen-bond acceptors (Lipinski definition) is 6. The summed E-state index contributed by atoms with van der Waals surface area (Å²) in [5, 5.41) is 0. The molecule has 2 aromatic heterocycles. The maximum absolute atomic E-state index is 12.4. The number of hydrogen-bond donors (Lipinski definition) is 0. The first kappa shape index (κ1) is 18.6. The van der Waals surface area contributed by atoms with E-state index in [0.717, 1.165) is 37.6 Å². The van der Waals surface area contributed by atoms with Crippen molar-refractivity contribution in [2.24, 2.45) is 0 Å². The van der Waals surface area contributed by atoms with Crippen LogP contribution in [0.15, 0.2) is 36.8 Å². The molecule has 2 aromatic rings. The van der Waals surface area contributed by atoms with E-state index in [1.54, 1.807) is 6.20 Å². The molecule has 0 aliphatic carbocycles. The van der Waals surface area contributed by atoms with Crippen molar-refractivity contribution in [2.75, 3.05) is 24.6 Å². The Kier molecular flexibility index (Phi) is 5.29. The maximum Gasteiger partial charge on any atom is 0.153 e. The third-order valence-electron chi connectivity index (χ3n) is 5.61. The highest BCUT2D eigenvalue weighted by atomic mass is 32.2. The van der Waals surface area contributed by atoms with Crippen LogP contribution >= 0.6 is 0 Å². The van der Waals surface area contributed by atoms with Gasteiger partial charge in [-0.3, -0.25) is 14.8 Å². The van der Waals surface area contributed by atoms with E-state index in [4.69, 9.17) is 0 Å². The number of aromatic nitrogens is 3. The number of sulfone groups is 1. The van der Waals surface area contributed by atoms with Gasteiger partial charge in [0.15, 0.2) is 9.84 Å². The average molecular weight is 390 g/mol. The van der Waals surface area contributed by atoms with E-state index in [-0.39, 0.29) is 23.6 Å². The first-order valence-electron chi connectivity index (χ1n) is 9.64. The van der Waals surface area contributed by atoms with Crippen LogP contribution in [0.3, 0.4) is 0 Å². The third kappa shape index (κ3) is 4.07. The van der Waals surface area contributed by atoms with Crippen LogP contribution in [-0.4, -0.2) is 69.4 Å². The Morgan fingerprint density at radius 2 is 1.78 bits per heavy atom. The summed E-state index contributed by atoms with van der Waals surface area (Å²) >= 11 is 0. The zero-order valence-electron chi connectivity index (χ0n) is 15.7. The zero-order valence-corrected chi connectivity index (χ0v) is 16.6. The summed E-state index contributed by atoms with van der Waals surface area (Å²) in [6.07, 6.45) is 6.70. The predicted molar refractivity (Wildman–Crippen MR) is 104 cm³/mol. The zero-order chi connectivity index (χ0) is 18.9. The Labute approximate surface area is 160 Å². The molecule has 8 heteroatoms. The Hall–Kier alpha value is -1.77. The van der Waals surface area contributed by atoms with E-state index >= 15 is 0 Å². The van der Waals surface area contributed by atoms with Crippen LogP contribution in [0.2, 0.25) is 0 Å². The van der Waals surface area contributed by atoms with E-state index in [1.165, 1.54) is 0 Å². The quantitative estimate of drug-likeness (QED) is 0.739. The summed E-state index contributed by atoms with van der Waals surface area (Å²) in [5.41, 5.74) is 0.993. The molecule has 4 rings (SSSR count). The Morgan fingerprint density at radius 1 is 1.04 bits per heavy atom. The molecule has 2 aliphatic rings. The van der Waals surface area contributed by atoms with Gasteiger partial charge in [-0.05, 0) is 18.6 Å².